The summed E-state index contributed by atoms with van der Waals surface area (Å²) >= 11 is 1.64. The fourth-order valence-corrected chi connectivity index (χ4v) is 3.21. The molecule has 0 unspecified atom stereocenters. The van der Waals surface area contributed by atoms with Crippen LogP contribution in [0.25, 0.3) is 10.6 Å². The number of likely N-dealkylation sites (tertiary alicyclic amines) is 1. The van der Waals surface area contributed by atoms with E-state index in [9.17, 15) is 4.79 Å². The molecule has 1 aliphatic heterocycles. The Balaban J connectivity index is 1.69. The molecule has 3 heterocycles. The van der Waals surface area contributed by atoms with Crippen molar-refractivity contribution in [3.8, 4) is 10.6 Å². The molecule has 0 bridgehead atoms. The van der Waals surface area contributed by atoms with Crippen molar-refractivity contribution in [3.63, 3.8) is 0 Å². The Labute approximate surface area is 122 Å². The van der Waals surface area contributed by atoms with E-state index in [4.69, 9.17) is 0 Å². The van der Waals surface area contributed by atoms with Gasteiger partial charge in [0.1, 0.15) is 0 Å². The Morgan fingerprint density at radius 1 is 1.50 bits per heavy atom. The molecule has 20 heavy (non-hydrogen) atoms. The van der Waals surface area contributed by atoms with Crippen LogP contribution in [0.1, 0.15) is 23.3 Å². The Morgan fingerprint density at radius 3 is 2.95 bits per heavy atom. The van der Waals surface area contributed by atoms with Crippen molar-refractivity contribution in [2.24, 2.45) is 0 Å². The molecule has 0 radical (unpaired) electrons. The molecule has 2 N–H and O–H groups in total. The molecule has 2 aromatic rings. The SMILES string of the molecule is CNC1CCN(C(=O)c2cc(-c3cccs3)[nH]n2)CC1. The quantitative estimate of drug-likeness (QED) is 0.908. The maximum absolute atomic E-state index is 12.4. The van der Waals surface area contributed by atoms with Gasteiger partial charge in [0.2, 0.25) is 0 Å². The van der Waals surface area contributed by atoms with E-state index in [1.807, 2.05) is 35.5 Å². The Kier molecular flexibility index (Phi) is 3.84. The third kappa shape index (κ3) is 2.62. The summed E-state index contributed by atoms with van der Waals surface area (Å²) in [7, 11) is 1.98. The van der Waals surface area contributed by atoms with E-state index in [0.29, 0.717) is 11.7 Å². The molecule has 1 saturated heterocycles. The number of carbonyl (C=O) groups excluding carboxylic acids is 1. The van der Waals surface area contributed by atoms with Gasteiger partial charge in [-0.1, -0.05) is 6.07 Å². The maximum Gasteiger partial charge on any atom is 0.274 e. The number of hydrogen-bond acceptors (Lipinski definition) is 4. The van der Waals surface area contributed by atoms with Gasteiger partial charge in [-0.25, -0.2) is 0 Å². The van der Waals surface area contributed by atoms with Gasteiger partial charge in [-0.15, -0.1) is 11.3 Å². The van der Waals surface area contributed by atoms with Crippen LogP contribution in [-0.4, -0.2) is 47.2 Å². The molecule has 1 aliphatic rings. The zero-order valence-corrected chi connectivity index (χ0v) is 12.2. The highest BCUT2D eigenvalue weighted by Crippen LogP contribution is 2.23. The van der Waals surface area contributed by atoms with E-state index in [-0.39, 0.29) is 5.91 Å². The number of thiophene rings is 1. The van der Waals surface area contributed by atoms with Crippen LogP contribution in [0.5, 0.6) is 0 Å². The highest BCUT2D eigenvalue weighted by atomic mass is 32.1. The lowest BCUT2D eigenvalue weighted by atomic mass is 10.1. The van der Waals surface area contributed by atoms with Crippen molar-refractivity contribution < 1.29 is 4.79 Å². The molecule has 0 aliphatic carbocycles. The van der Waals surface area contributed by atoms with Crippen molar-refractivity contribution in [1.82, 2.24) is 20.4 Å². The van der Waals surface area contributed by atoms with Crippen LogP contribution in [0.2, 0.25) is 0 Å². The number of aromatic nitrogens is 2. The Morgan fingerprint density at radius 2 is 2.30 bits per heavy atom. The van der Waals surface area contributed by atoms with Gasteiger partial charge < -0.3 is 10.2 Å². The minimum atomic E-state index is 0.0265. The fourth-order valence-electron chi connectivity index (χ4n) is 2.52. The second-order valence-corrected chi connectivity index (χ2v) is 5.95. The third-order valence-electron chi connectivity index (χ3n) is 3.77. The van der Waals surface area contributed by atoms with Crippen molar-refractivity contribution in [2.45, 2.75) is 18.9 Å². The number of rotatable bonds is 3. The highest BCUT2D eigenvalue weighted by molar-refractivity contribution is 7.13. The zero-order valence-electron chi connectivity index (χ0n) is 11.4. The number of H-pyrrole nitrogens is 1. The lowest BCUT2D eigenvalue weighted by Crippen LogP contribution is -2.44. The number of aromatic amines is 1. The first-order valence-electron chi connectivity index (χ1n) is 6.84. The molecule has 3 rings (SSSR count). The number of carbonyl (C=O) groups is 1. The molecule has 5 nitrogen and oxygen atoms in total. The number of amides is 1. The van der Waals surface area contributed by atoms with Crippen LogP contribution in [-0.2, 0) is 0 Å². The molecule has 106 valence electrons. The van der Waals surface area contributed by atoms with Crippen LogP contribution in [0.3, 0.4) is 0 Å². The lowest BCUT2D eigenvalue weighted by molar-refractivity contribution is 0.0701. The van der Waals surface area contributed by atoms with E-state index in [1.54, 1.807) is 11.3 Å². The van der Waals surface area contributed by atoms with Gasteiger partial charge in [0.15, 0.2) is 5.69 Å². The van der Waals surface area contributed by atoms with Gasteiger partial charge in [0.05, 0.1) is 10.6 Å². The first-order chi connectivity index (χ1) is 9.78. The van der Waals surface area contributed by atoms with E-state index in [1.165, 1.54) is 0 Å². The van der Waals surface area contributed by atoms with Crippen LogP contribution in [0.4, 0.5) is 0 Å². The number of piperidine rings is 1. The summed E-state index contributed by atoms with van der Waals surface area (Å²) in [6.45, 7) is 1.59. The number of hydrogen-bond donors (Lipinski definition) is 2. The molecular weight excluding hydrogens is 272 g/mol. The molecule has 0 aromatic carbocycles. The van der Waals surface area contributed by atoms with Crippen molar-refractivity contribution in [1.29, 1.82) is 0 Å². The summed E-state index contributed by atoms with van der Waals surface area (Å²) < 4.78 is 0. The summed E-state index contributed by atoms with van der Waals surface area (Å²) in [5.74, 6) is 0.0265. The van der Waals surface area contributed by atoms with Crippen molar-refractivity contribution >= 4 is 17.2 Å². The molecule has 0 saturated carbocycles. The van der Waals surface area contributed by atoms with E-state index < -0.39 is 0 Å². The van der Waals surface area contributed by atoms with Gasteiger partial charge in [-0.2, -0.15) is 5.10 Å². The molecule has 1 fully saturated rings. The standard InChI is InChI=1S/C14H18N4OS/c1-15-10-4-6-18(7-5-10)14(19)12-9-11(16-17-12)13-3-2-8-20-13/h2-3,8-10,15H,4-7H2,1H3,(H,16,17). The summed E-state index contributed by atoms with van der Waals surface area (Å²) in [6, 6.07) is 6.38. The normalized spacial score (nSPS) is 16.6. The van der Waals surface area contributed by atoms with E-state index in [2.05, 4.69) is 15.5 Å². The third-order valence-corrected chi connectivity index (χ3v) is 4.68. The Bertz CT molecular complexity index is 570. The second kappa shape index (κ2) is 5.76. The topological polar surface area (TPSA) is 61.0 Å². The molecule has 0 spiro atoms. The summed E-state index contributed by atoms with van der Waals surface area (Å²) in [5.41, 5.74) is 1.42. The fraction of sp³-hybridized carbons (Fsp3) is 0.429. The predicted octanol–water partition coefficient (Wildman–Crippen LogP) is 1.96. The minimum Gasteiger partial charge on any atom is -0.337 e. The van der Waals surface area contributed by atoms with Gasteiger partial charge in [-0.05, 0) is 37.4 Å². The van der Waals surface area contributed by atoms with Crippen LogP contribution < -0.4 is 5.32 Å². The van der Waals surface area contributed by atoms with Gasteiger partial charge in [0.25, 0.3) is 5.91 Å². The van der Waals surface area contributed by atoms with Crippen LogP contribution in [0, 0.1) is 0 Å². The molecule has 6 heteroatoms. The molecule has 0 atom stereocenters. The van der Waals surface area contributed by atoms with Crippen LogP contribution >= 0.6 is 11.3 Å². The Hall–Kier alpha value is -1.66. The highest BCUT2D eigenvalue weighted by Gasteiger charge is 2.24. The number of nitrogens with zero attached hydrogens (tertiary/aromatic N) is 2. The monoisotopic (exact) mass is 290 g/mol. The molecule has 2 aromatic heterocycles. The zero-order chi connectivity index (χ0) is 13.9. The van der Waals surface area contributed by atoms with E-state index >= 15 is 0 Å². The van der Waals surface area contributed by atoms with Gasteiger partial charge in [0, 0.05) is 19.1 Å². The van der Waals surface area contributed by atoms with Gasteiger partial charge in [-0.3, -0.25) is 9.89 Å². The first kappa shape index (κ1) is 13.3. The smallest absolute Gasteiger partial charge is 0.274 e. The average molecular weight is 290 g/mol. The maximum atomic E-state index is 12.4. The molecule has 1 amide bonds. The average Bonchev–Trinajstić information content (AvgIpc) is 3.17. The second-order valence-electron chi connectivity index (χ2n) is 5.00. The molecular formula is C14H18N4OS. The van der Waals surface area contributed by atoms with Crippen molar-refractivity contribution in [2.75, 3.05) is 20.1 Å². The lowest BCUT2D eigenvalue weighted by Gasteiger charge is -2.31. The predicted molar refractivity (Wildman–Crippen MR) is 79.9 cm³/mol. The van der Waals surface area contributed by atoms with Crippen molar-refractivity contribution in [3.05, 3.63) is 29.3 Å². The number of nitrogens with one attached hydrogen (secondary N) is 2. The minimum absolute atomic E-state index is 0.0265. The van der Waals surface area contributed by atoms with Gasteiger partial charge >= 0.3 is 0 Å². The first-order valence-corrected chi connectivity index (χ1v) is 7.71. The van der Waals surface area contributed by atoms with Crippen LogP contribution in [0.15, 0.2) is 23.6 Å². The van der Waals surface area contributed by atoms with E-state index in [0.717, 1.165) is 36.5 Å². The summed E-state index contributed by atoms with van der Waals surface area (Å²) in [6.07, 6.45) is 2.01. The summed E-state index contributed by atoms with van der Waals surface area (Å²) in [5, 5.41) is 12.4. The summed E-state index contributed by atoms with van der Waals surface area (Å²) in [4.78, 5) is 15.4. The largest absolute Gasteiger partial charge is 0.337 e.